The van der Waals surface area contributed by atoms with E-state index in [0.29, 0.717) is 24.6 Å². The molecule has 2 aromatic rings. The maximum atomic E-state index is 13.2. The lowest BCUT2D eigenvalue weighted by Gasteiger charge is -2.30. The Morgan fingerprint density at radius 1 is 0.971 bits per heavy atom. The first-order valence-electron chi connectivity index (χ1n) is 13.1. The van der Waals surface area contributed by atoms with E-state index in [1.807, 2.05) is 23.1 Å². The van der Waals surface area contributed by atoms with Gasteiger partial charge in [0, 0.05) is 37.3 Å². The minimum Gasteiger partial charge on any atom is -0.508 e. The lowest BCUT2D eigenvalue weighted by atomic mass is 9.86. The maximum Gasteiger partial charge on any atom is 0.227 e. The zero-order valence-corrected chi connectivity index (χ0v) is 21.9. The van der Waals surface area contributed by atoms with E-state index in [2.05, 4.69) is 63.8 Å². The molecule has 34 heavy (non-hydrogen) atoms. The predicted octanol–water partition coefficient (Wildman–Crippen LogP) is 7.04. The lowest BCUT2D eigenvalue weighted by Crippen LogP contribution is -2.34. The van der Waals surface area contributed by atoms with E-state index in [9.17, 15) is 9.90 Å². The van der Waals surface area contributed by atoms with Gasteiger partial charge in [-0.3, -0.25) is 9.69 Å². The van der Waals surface area contributed by atoms with E-state index < -0.39 is 0 Å². The number of carbonyl (C=O) groups excluding carboxylic acids is 1. The number of phenolic OH excluding ortho intramolecular Hbond substituents is 1. The molecule has 0 saturated heterocycles. The highest BCUT2D eigenvalue weighted by Crippen LogP contribution is 2.30. The van der Waals surface area contributed by atoms with Crippen molar-refractivity contribution >= 4 is 11.6 Å². The van der Waals surface area contributed by atoms with Crippen molar-refractivity contribution in [3.05, 3.63) is 59.2 Å². The highest BCUT2D eigenvalue weighted by molar-refractivity contribution is 5.94. The summed E-state index contributed by atoms with van der Waals surface area (Å²) in [6, 6.07) is 14.4. The zero-order chi connectivity index (χ0) is 24.7. The van der Waals surface area contributed by atoms with Crippen molar-refractivity contribution in [3.8, 4) is 5.75 Å². The van der Waals surface area contributed by atoms with Crippen LogP contribution in [0.15, 0.2) is 42.5 Å². The Bertz CT molecular complexity index is 945. The molecule has 1 aliphatic rings. The first kappa shape index (κ1) is 26.3. The summed E-state index contributed by atoms with van der Waals surface area (Å²) in [7, 11) is 0. The second-order valence-corrected chi connectivity index (χ2v) is 11.3. The number of anilines is 1. The fraction of sp³-hybridized carbons (Fsp3) is 0.567. The predicted molar refractivity (Wildman–Crippen MR) is 142 cm³/mol. The molecule has 1 N–H and O–H groups in total. The SMILES string of the molecule is CC(C)CC(=O)N1CCCCCCCN(Cc2cc(C(C)(C)C)ccc2O)Cc2ccccc21. The first-order chi connectivity index (χ1) is 16.1. The average molecular weight is 465 g/mol. The molecule has 1 aliphatic heterocycles. The number of amides is 1. The largest absolute Gasteiger partial charge is 0.508 e. The standard InChI is InChI=1S/C30H44N2O2/c1-23(2)19-29(34)32-18-12-8-6-7-11-17-31(21-24-13-9-10-14-27(24)32)22-25-20-26(30(3,4)5)15-16-28(25)33/h9-10,13-16,20,23,33H,6-8,11-12,17-19,21-22H2,1-5H3. The molecule has 0 atom stereocenters. The van der Waals surface area contributed by atoms with Crippen LogP contribution in [-0.2, 0) is 23.3 Å². The summed E-state index contributed by atoms with van der Waals surface area (Å²) < 4.78 is 0. The fourth-order valence-electron chi connectivity index (χ4n) is 4.76. The van der Waals surface area contributed by atoms with E-state index in [4.69, 9.17) is 0 Å². The molecule has 0 radical (unpaired) electrons. The van der Waals surface area contributed by atoms with Crippen molar-refractivity contribution in [2.75, 3.05) is 18.0 Å². The van der Waals surface area contributed by atoms with Crippen molar-refractivity contribution in [1.29, 1.82) is 0 Å². The summed E-state index contributed by atoms with van der Waals surface area (Å²) in [6.07, 6.45) is 6.33. The Morgan fingerprint density at radius 2 is 1.65 bits per heavy atom. The first-order valence-corrected chi connectivity index (χ1v) is 13.1. The van der Waals surface area contributed by atoms with Gasteiger partial charge in [0.25, 0.3) is 0 Å². The monoisotopic (exact) mass is 464 g/mol. The number of carbonyl (C=O) groups is 1. The third-order valence-corrected chi connectivity index (χ3v) is 6.76. The van der Waals surface area contributed by atoms with E-state index >= 15 is 0 Å². The Labute approximate surface area is 207 Å². The molecular weight excluding hydrogens is 420 g/mol. The van der Waals surface area contributed by atoms with Crippen LogP contribution in [0.5, 0.6) is 5.75 Å². The van der Waals surface area contributed by atoms with Crippen molar-refractivity contribution in [2.24, 2.45) is 5.92 Å². The second-order valence-electron chi connectivity index (χ2n) is 11.3. The van der Waals surface area contributed by atoms with Crippen molar-refractivity contribution in [1.82, 2.24) is 4.90 Å². The van der Waals surface area contributed by atoms with Gasteiger partial charge in [-0.25, -0.2) is 0 Å². The van der Waals surface area contributed by atoms with Gasteiger partial charge < -0.3 is 10.0 Å². The Morgan fingerprint density at radius 3 is 2.35 bits per heavy atom. The highest BCUT2D eigenvalue weighted by atomic mass is 16.3. The smallest absolute Gasteiger partial charge is 0.227 e. The Kier molecular flexibility index (Phi) is 9.18. The van der Waals surface area contributed by atoms with Gasteiger partial charge in [-0.2, -0.15) is 0 Å². The zero-order valence-electron chi connectivity index (χ0n) is 21.9. The van der Waals surface area contributed by atoms with Gasteiger partial charge in [-0.15, -0.1) is 0 Å². The molecule has 0 saturated carbocycles. The molecule has 1 heterocycles. The minimum absolute atomic E-state index is 0.0359. The van der Waals surface area contributed by atoms with E-state index in [1.54, 1.807) is 0 Å². The molecule has 0 bridgehead atoms. The number of para-hydroxylation sites is 1. The number of hydrogen-bond donors (Lipinski definition) is 1. The van der Waals surface area contributed by atoms with Gasteiger partial charge in [0.05, 0.1) is 0 Å². The van der Waals surface area contributed by atoms with Crippen LogP contribution < -0.4 is 4.90 Å². The molecule has 4 nitrogen and oxygen atoms in total. The van der Waals surface area contributed by atoms with E-state index in [0.717, 1.165) is 50.1 Å². The number of nitrogens with zero attached hydrogens (tertiary/aromatic N) is 2. The molecule has 2 aromatic carbocycles. The van der Waals surface area contributed by atoms with Crippen LogP contribution >= 0.6 is 0 Å². The Hall–Kier alpha value is -2.33. The molecule has 0 unspecified atom stereocenters. The molecule has 0 aliphatic carbocycles. The van der Waals surface area contributed by atoms with Gasteiger partial charge in [0.1, 0.15) is 5.75 Å². The highest BCUT2D eigenvalue weighted by Gasteiger charge is 2.22. The summed E-state index contributed by atoms with van der Waals surface area (Å²) in [6.45, 7) is 14.1. The molecule has 1 amide bonds. The number of rotatable bonds is 4. The van der Waals surface area contributed by atoms with Crippen LogP contribution in [0.3, 0.4) is 0 Å². The minimum atomic E-state index is 0.0359. The number of benzene rings is 2. The number of fused-ring (bicyclic) bond motifs is 1. The normalized spacial score (nSPS) is 16.6. The van der Waals surface area contributed by atoms with E-state index in [-0.39, 0.29) is 11.3 Å². The number of phenols is 1. The maximum absolute atomic E-state index is 13.2. The average Bonchev–Trinajstić information content (AvgIpc) is 2.75. The molecule has 0 fully saturated rings. The van der Waals surface area contributed by atoms with Gasteiger partial charge in [-0.1, -0.05) is 84.2 Å². The quantitative estimate of drug-likeness (QED) is 0.528. The third kappa shape index (κ3) is 7.33. The fourth-order valence-corrected chi connectivity index (χ4v) is 4.76. The van der Waals surface area contributed by atoms with Crippen molar-refractivity contribution < 1.29 is 9.90 Å². The van der Waals surface area contributed by atoms with E-state index in [1.165, 1.54) is 24.0 Å². The van der Waals surface area contributed by atoms with Crippen LogP contribution in [-0.4, -0.2) is 29.0 Å². The topological polar surface area (TPSA) is 43.8 Å². The molecule has 0 aromatic heterocycles. The van der Waals surface area contributed by atoms with Crippen LogP contribution in [0.1, 0.15) is 89.8 Å². The molecule has 0 spiro atoms. The van der Waals surface area contributed by atoms with Gasteiger partial charge in [0.15, 0.2) is 0 Å². The Balaban J connectivity index is 1.92. The summed E-state index contributed by atoms with van der Waals surface area (Å²) >= 11 is 0. The summed E-state index contributed by atoms with van der Waals surface area (Å²) in [5, 5.41) is 10.7. The summed E-state index contributed by atoms with van der Waals surface area (Å²) in [4.78, 5) is 17.7. The second kappa shape index (κ2) is 11.9. The molecule has 4 heteroatoms. The van der Waals surface area contributed by atoms with Crippen LogP contribution in [0, 0.1) is 5.92 Å². The number of hydrogen-bond acceptors (Lipinski definition) is 3. The van der Waals surface area contributed by atoms with Gasteiger partial charge >= 0.3 is 0 Å². The lowest BCUT2D eigenvalue weighted by molar-refractivity contribution is -0.119. The summed E-state index contributed by atoms with van der Waals surface area (Å²) in [5.41, 5.74) is 4.48. The van der Waals surface area contributed by atoms with Gasteiger partial charge in [0.2, 0.25) is 5.91 Å². The van der Waals surface area contributed by atoms with Crippen LogP contribution in [0.25, 0.3) is 0 Å². The van der Waals surface area contributed by atoms with Crippen LogP contribution in [0.4, 0.5) is 5.69 Å². The molecular formula is C30H44N2O2. The third-order valence-electron chi connectivity index (χ3n) is 6.76. The molecule has 186 valence electrons. The van der Waals surface area contributed by atoms with Crippen LogP contribution in [0.2, 0.25) is 0 Å². The summed E-state index contributed by atoms with van der Waals surface area (Å²) in [5.74, 6) is 0.929. The van der Waals surface area contributed by atoms with Crippen molar-refractivity contribution in [3.63, 3.8) is 0 Å². The molecule has 3 rings (SSSR count). The van der Waals surface area contributed by atoms with Crippen molar-refractivity contribution in [2.45, 2.75) is 91.6 Å². The van der Waals surface area contributed by atoms with Gasteiger partial charge in [-0.05, 0) is 54.0 Å². The number of aromatic hydroxyl groups is 1.